The number of amides is 1. The van der Waals surface area contributed by atoms with Gasteiger partial charge in [0.1, 0.15) is 0 Å². The number of nitrogens with one attached hydrogen (secondary N) is 1. The lowest BCUT2D eigenvalue weighted by molar-refractivity contribution is -0.119. The van der Waals surface area contributed by atoms with E-state index in [1.165, 1.54) is 0 Å². The molecule has 15 heavy (non-hydrogen) atoms. The van der Waals surface area contributed by atoms with Gasteiger partial charge in [0.25, 0.3) is 0 Å². The molecule has 1 atom stereocenters. The molecule has 1 aromatic carbocycles. The summed E-state index contributed by atoms with van der Waals surface area (Å²) in [5.41, 5.74) is 0. The molecular formula is C13H21NO. The maximum Gasteiger partial charge on any atom is 0.220 e. The smallest absolute Gasteiger partial charge is 0.220 e. The van der Waals surface area contributed by atoms with Crippen LogP contribution in [-0.4, -0.2) is 12.5 Å². The van der Waals surface area contributed by atoms with Crippen molar-refractivity contribution in [3.05, 3.63) is 36.4 Å². The highest BCUT2D eigenvalue weighted by Crippen LogP contribution is 2.05. The van der Waals surface area contributed by atoms with Gasteiger partial charge in [-0.25, -0.2) is 0 Å². The third kappa shape index (κ3) is 7.74. The minimum atomic E-state index is 0.201. The number of carbonyl (C=O) groups excluding carboxylic acids is 1. The predicted molar refractivity (Wildman–Crippen MR) is 64.6 cm³/mol. The van der Waals surface area contributed by atoms with E-state index in [1.807, 2.05) is 50.2 Å². The van der Waals surface area contributed by atoms with E-state index in [-0.39, 0.29) is 5.91 Å². The lowest BCUT2D eigenvalue weighted by atomic mass is 10.2. The Kier molecular flexibility index (Phi) is 8.44. The number of hydrogen-bond donors (Lipinski definition) is 1. The van der Waals surface area contributed by atoms with Crippen LogP contribution in [0.3, 0.4) is 0 Å². The molecule has 1 fully saturated rings. The van der Waals surface area contributed by atoms with E-state index in [0.717, 1.165) is 13.0 Å². The molecule has 2 heteroatoms. The summed E-state index contributed by atoms with van der Waals surface area (Å²) in [5, 5.41) is 2.73. The van der Waals surface area contributed by atoms with Crippen LogP contribution in [0.5, 0.6) is 0 Å². The predicted octanol–water partition coefficient (Wildman–Crippen LogP) is 2.86. The lowest BCUT2D eigenvalue weighted by Gasteiger charge is -1.88. The van der Waals surface area contributed by atoms with E-state index in [9.17, 15) is 4.79 Å². The Morgan fingerprint density at radius 2 is 1.47 bits per heavy atom. The Labute approximate surface area is 92.7 Å². The highest BCUT2D eigenvalue weighted by molar-refractivity contribution is 5.78. The summed E-state index contributed by atoms with van der Waals surface area (Å²) in [6.07, 6.45) is 0.722. The standard InChI is InChI=1S/C6H6.C5H9NO.C2H6/c1-2-4-6-5-3-1;1-4-2-5(7)6-3-4;1-2/h1-6H;4H,2-3H2,1H3,(H,6,7);1-2H3. The van der Waals surface area contributed by atoms with Crippen molar-refractivity contribution in [2.45, 2.75) is 27.2 Å². The third-order valence-corrected chi connectivity index (χ3v) is 1.85. The van der Waals surface area contributed by atoms with Crippen molar-refractivity contribution in [1.82, 2.24) is 5.32 Å². The number of carbonyl (C=O) groups is 1. The second kappa shape index (κ2) is 9.25. The second-order valence-corrected chi connectivity index (χ2v) is 3.27. The van der Waals surface area contributed by atoms with E-state index >= 15 is 0 Å². The summed E-state index contributed by atoms with van der Waals surface area (Å²) in [5.74, 6) is 0.764. The van der Waals surface area contributed by atoms with Gasteiger partial charge in [-0.15, -0.1) is 0 Å². The Bertz CT molecular complexity index is 219. The first kappa shape index (κ1) is 13.7. The van der Waals surface area contributed by atoms with Gasteiger partial charge in [0.2, 0.25) is 5.91 Å². The van der Waals surface area contributed by atoms with Crippen LogP contribution < -0.4 is 5.32 Å². The molecular weight excluding hydrogens is 186 g/mol. The number of rotatable bonds is 0. The van der Waals surface area contributed by atoms with Gasteiger partial charge < -0.3 is 5.32 Å². The van der Waals surface area contributed by atoms with Gasteiger partial charge in [-0.05, 0) is 5.92 Å². The lowest BCUT2D eigenvalue weighted by Crippen LogP contribution is -2.13. The van der Waals surface area contributed by atoms with Crippen molar-refractivity contribution in [2.24, 2.45) is 5.92 Å². The molecule has 1 aliphatic heterocycles. The SMILES string of the molecule is CC.CC1CNC(=O)C1.c1ccccc1. The highest BCUT2D eigenvalue weighted by atomic mass is 16.1. The normalized spacial score (nSPS) is 17.8. The van der Waals surface area contributed by atoms with Crippen molar-refractivity contribution in [1.29, 1.82) is 0 Å². The van der Waals surface area contributed by atoms with Crippen LogP contribution >= 0.6 is 0 Å². The molecule has 0 aliphatic carbocycles. The maximum absolute atomic E-state index is 10.3. The summed E-state index contributed by atoms with van der Waals surface area (Å²) in [7, 11) is 0. The fourth-order valence-corrected chi connectivity index (χ4v) is 1.13. The van der Waals surface area contributed by atoms with E-state index in [2.05, 4.69) is 12.2 Å². The second-order valence-electron chi connectivity index (χ2n) is 3.27. The summed E-state index contributed by atoms with van der Waals surface area (Å²) < 4.78 is 0. The Balaban J connectivity index is 0.000000227. The zero-order valence-electron chi connectivity index (χ0n) is 9.86. The van der Waals surface area contributed by atoms with Crippen molar-refractivity contribution < 1.29 is 4.79 Å². The Morgan fingerprint density at radius 3 is 1.60 bits per heavy atom. The van der Waals surface area contributed by atoms with Crippen LogP contribution in [0.2, 0.25) is 0 Å². The fourth-order valence-electron chi connectivity index (χ4n) is 1.13. The Hall–Kier alpha value is -1.31. The molecule has 1 aliphatic rings. The molecule has 1 aromatic rings. The molecule has 0 bridgehead atoms. The molecule has 84 valence electrons. The van der Waals surface area contributed by atoms with Gasteiger partial charge in [-0.3, -0.25) is 4.79 Å². The van der Waals surface area contributed by atoms with Crippen molar-refractivity contribution in [3.63, 3.8) is 0 Å². The first-order chi connectivity index (χ1) is 7.29. The first-order valence-electron chi connectivity index (χ1n) is 5.56. The van der Waals surface area contributed by atoms with Crippen LogP contribution in [0, 0.1) is 5.92 Å². The highest BCUT2D eigenvalue weighted by Gasteiger charge is 2.15. The van der Waals surface area contributed by atoms with Gasteiger partial charge in [0, 0.05) is 13.0 Å². The molecule has 1 saturated heterocycles. The van der Waals surface area contributed by atoms with Gasteiger partial charge >= 0.3 is 0 Å². The van der Waals surface area contributed by atoms with Crippen LogP contribution in [0.15, 0.2) is 36.4 Å². The average Bonchev–Trinajstić information content (AvgIpc) is 2.69. The van der Waals surface area contributed by atoms with Gasteiger partial charge in [0.05, 0.1) is 0 Å². The summed E-state index contributed by atoms with van der Waals surface area (Å²) >= 11 is 0. The monoisotopic (exact) mass is 207 g/mol. The molecule has 1 amide bonds. The van der Waals surface area contributed by atoms with Gasteiger partial charge in [-0.2, -0.15) is 0 Å². The largest absolute Gasteiger partial charge is 0.356 e. The van der Waals surface area contributed by atoms with Crippen LogP contribution in [0.4, 0.5) is 0 Å². The zero-order chi connectivity index (χ0) is 11.5. The zero-order valence-corrected chi connectivity index (χ0v) is 9.86. The summed E-state index contributed by atoms with van der Waals surface area (Å²) in [4.78, 5) is 10.3. The quantitative estimate of drug-likeness (QED) is 0.696. The molecule has 0 saturated carbocycles. The molecule has 1 N–H and O–H groups in total. The molecule has 0 spiro atoms. The minimum absolute atomic E-state index is 0.201. The van der Waals surface area contributed by atoms with E-state index in [4.69, 9.17) is 0 Å². The van der Waals surface area contributed by atoms with Crippen LogP contribution in [0.25, 0.3) is 0 Å². The van der Waals surface area contributed by atoms with E-state index in [0.29, 0.717) is 5.92 Å². The number of benzene rings is 1. The van der Waals surface area contributed by atoms with E-state index in [1.54, 1.807) is 0 Å². The van der Waals surface area contributed by atoms with Crippen molar-refractivity contribution in [2.75, 3.05) is 6.54 Å². The molecule has 2 nitrogen and oxygen atoms in total. The number of hydrogen-bond acceptors (Lipinski definition) is 1. The van der Waals surface area contributed by atoms with Gasteiger partial charge in [0.15, 0.2) is 0 Å². The van der Waals surface area contributed by atoms with Crippen LogP contribution in [-0.2, 0) is 4.79 Å². The third-order valence-electron chi connectivity index (χ3n) is 1.85. The van der Waals surface area contributed by atoms with Crippen molar-refractivity contribution >= 4 is 5.91 Å². The molecule has 1 unspecified atom stereocenters. The molecule has 1 heterocycles. The summed E-state index contributed by atoms with van der Waals surface area (Å²) in [6, 6.07) is 12.0. The van der Waals surface area contributed by atoms with Crippen LogP contribution in [0.1, 0.15) is 27.2 Å². The maximum atomic E-state index is 10.3. The Morgan fingerprint density at radius 1 is 1.07 bits per heavy atom. The first-order valence-corrected chi connectivity index (χ1v) is 5.56. The summed E-state index contributed by atoms with van der Waals surface area (Å²) in [6.45, 7) is 6.94. The molecule has 2 rings (SSSR count). The molecule has 0 radical (unpaired) electrons. The van der Waals surface area contributed by atoms with E-state index < -0.39 is 0 Å². The average molecular weight is 207 g/mol. The van der Waals surface area contributed by atoms with Gasteiger partial charge in [-0.1, -0.05) is 57.2 Å². The topological polar surface area (TPSA) is 29.1 Å². The fraction of sp³-hybridized carbons (Fsp3) is 0.462. The van der Waals surface area contributed by atoms with Crippen molar-refractivity contribution in [3.8, 4) is 0 Å². The minimum Gasteiger partial charge on any atom is -0.356 e. The molecule has 0 aromatic heterocycles.